The van der Waals surface area contributed by atoms with Gasteiger partial charge in [-0.05, 0) is 31.2 Å². The van der Waals surface area contributed by atoms with Gasteiger partial charge < -0.3 is 15.1 Å². The van der Waals surface area contributed by atoms with Gasteiger partial charge in [0, 0.05) is 26.1 Å². The minimum Gasteiger partial charge on any atom is -0.466 e. The van der Waals surface area contributed by atoms with Gasteiger partial charge in [0.05, 0.1) is 10.6 Å². The summed E-state index contributed by atoms with van der Waals surface area (Å²) in [6.07, 6.45) is 0.586. The van der Waals surface area contributed by atoms with Crippen molar-refractivity contribution < 1.29 is 14.0 Å². The monoisotopic (exact) mass is 386 g/mol. The van der Waals surface area contributed by atoms with Crippen LogP contribution < -0.4 is 10.6 Å². The normalized spacial score (nSPS) is 10.6. The van der Waals surface area contributed by atoms with Gasteiger partial charge in [-0.25, -0.2) is 0 Å². The molecule has 2 amide bonds. The smallest absolute Gasteiger partial charge is 0.271 e. The van der Waals surface area contributed by atoms with Gasteiger partial charge in [0.15, 0.2) is 5.69 Å². The van der Waals surface area contributed by atoms with Crippen LogP contribution in [0.2, 0.25) is 5.02 Å². The van der Waals surface area contributed by atoms with Gasteiger partial charge in [-0.2, -0.15) is 5.10 Å². The Labute approximate surface area is 161 Å². The van der Waals surface area contributed by atoms with E-state index in [-0.39, 0.29) is 17.5 Å². The average molecular weight is 387 g/mol. The van der Waals surface area contributed by atoms with Crippen molar-refractivity contribution in [2.75, 3.05) is 11.9 Å². The lowest BCUT2D eigenvalue weighted by molar-refractivity contribution is 0.0947. The Hall–Kier alpha value is -3.06. The van der Waals surface area contributed by atoms with Crippen LogP contribution in [0.15, 0.2) is 46.9 Å². The zero-order chi connectivity index (χ0) is 19.4. The number of aryl methyl sites for hydroxylation is 2. The second-order valence-corrected chi connectivity index (χ2v) is 6.40. The third-order valence-electron chi connectivity index (χ3n) is 3.93. The van der Waals surface area contributed by atoms with Crippen LogP contribution >= 0.6 is 11.6 Å². The van der Waals surface area contributed by atoms with Crippen molar-refractivity contribution >= 4 is 29.2 Å². The van der Waals surface area contributed by atoms with E-state index >= 15 is 0 Å². The zero-order valence-electron chi connectivity index (χ0n) is 15.0. The lowest BCUT2D eigenvalue weighted by Gasteiger charge is -2.06. The molecule has 0 saturated heterocycles. The number of hydrogen-bond acceptors (Lipinski definition) is 4. The summed E-state index contributed by atoms with van der Waals surface area (Å²) in [5.74, 6) is 1.34. The highest BCUT2D eigenvalue weighted by Gasteiger charge is 2.16. The fraction of sp³-hybridized carbons (Fsp3) is 0.211. The Bertz CT molecular complexity index is 977. The van der Waals surface area contributed by atoms with Crippen LogP contribution in [0.4, 0.5) is 5.82 Å². The topological polar surface area (TPSA) is 89.2 Å². The summed E-state index contributed by atoms with van der Waals surface area (Å²) in [6.45, 7) is 2.29. The quantitative estimate of drug-likeness (QED) is 0.680. The molecule has 2 N–H and O–H groups in total. The molecule has 27 heavy (non-hydrogen) atoms. The molecule has 140 valence electrons. The number of aromatic nitrogens is 2. The third-order valence-corrected chi connectivity index (χ3v) is 4.26. The first-order valence-corrected chi connectivity index (χ1v) is 8.75. The molecule has 2 aromatic heterocycles. The summed E-state index contributed by atoms with van der Waals surface area (Å²) in [4.78, 5) is 24.6. The highest BCUT2D eigenvalue weighted by Crippen LogP contribution is 2.17. The number of nitrogens with one attached hydrogen (secondary N) is 2. The third kappa shape index (κ3) is 4.57. The van der Waals surface area contributed by atoms with Gasteiger partial charge in [-0.15, -0.1) is 0 Å². The lowest BCUT2D eigenvalue weighted by Crippen LogP contribution is -2.26. The van der Waals surface area contributed by atoms with E-state index in [0.717, 1.165) is 11.5 Å². The van der Waals surface area contributed by atoms with E-state index in [2.05, 4.69) is 15.7 Å². The number of hydrogen-bond donors (Lipinski definition) is 2. The van der Waals surface area contributed by atoms with Crippen molar-refractivity contribution in [2.24, 2.45) is 7.05 Å². The van der Waals surface area contributed by atoms with Crippen LogP contribution in [0.3, 0.4) is 0 Å². The molecule has 0 aliphatic heterocycles. The van der Waals surface area contributed by atoms with E-state index < -0.39 is 0 Å². The molecule has 0 spiro atoms. The molecule has 0 fully saturated rings. The maximum Gasteiger partial charge on any atom is 0.271 e. The average Bonchev–Trinajstić information content (AvgIpc) is 3.21. The first-order chi connectivity index (χ1) is 12.9. The van der Waals surface area contributed by atoms with Crippen LogP contribution in [-0.4, -0.2) is 28.1 Å². The van der Waals surface area contributed by atoms with Crippen molar-refractivity contribution in [3.05, 3.63) is 70.3 Å². The molecule has 0 aliphatic carbocycles. The van der Waals surface area contributed by atoms with Crippen LogP contribution in [0, 0.1) is 6.92 Å². The maximum absolute atomic E-state index is 12.3. The summed E-state index contributed by atoms with van der Waals surface area (Å²) in [5, 5.41) is 9.99. The van der Waals surface area contributed by atoms with Gasteiger partial charge in [0.1, 0.15) is 17.3 Å². The summed E-state index contributed by atoms with van der Waals surface area (Å²) >= 11 is 6.03. The van der Waals surface area contributed by atoms with Crippen molar-refractivity contribution in [2.45, 2.75) is 13.3 Å². The zero-order valence-corrected chi connectivity index (χ0v) is 15.7. The summed E-state index contributed by atoms with van der Waals surface area (Å²) in [7, 11) is 1.64. The highest BCUT2D eigenvalue weighted by atomic mass is 35.5. The summed E-state index contributed by atoms with van der Waals surface area (Å²) in [5.41, 5.74) is 0.558. The summed E-state index contributed by atoms with van der Waals surface area (Å²) in [6, 6.07) is 12.0. The van der Waals surface area contributed by atoms with Gasteiger partial charge in [-0.3, -0.25) is 14.3 Å². The number of halogens is 1. The molecule has 1 aromatic carbocycles. The van der Waals surface area contributed by atoms with Gasteiger partial charge in [0.2, 0.25) is 0 Å². The largest absolute Gasteiger partial charge is 0.466 e. The minimum atomic E-state index is -0.372. The molecule has 0 bridgehead atoms. The number of carbonyl (C=O) groups is 2. The Morgan fingerprint density at radius 3 is 2.67 bits per heavy atom. The van der Waals surface area contributed by atoms with E-state index in [4.69, 9.17) is 16.0 Å². The number of carbonyl (C=O) groups excluding carboxylic acids is 2. The second-order valence-electron chi connectivity index (χ2n) is 5.99. The first kappa shape index (κ1) is 18.7. The molecule has 7 nitrogen and oxygen atoms in total. The van der Waals surface area contributed by atoms with Gasteiger partial charge in [-0.1, -0.05) is 23.7 Å². The molecule has 0 radical (unpaired) electrons. The Morgan fingerprint density at radius 1 is 1.19 bits per heavy atom. The number of benzene rings is 1. The molecule has 3 rings (SSSR count). The van der Waals surface area contributed by atoms with Crippen molar-refractivity contribution in [1.82, 2.24) is 15.1 Å². The Balaban J connectivity index is 1.60. The molecule has 0 saturated carbocycles. The molecular formula is C19H19ClN4O3. The van der Waals surface area contributed by atoms with Gasteiger partial charge in [0.25, 0.3) is 11.8 Å². The van der Waals surface area contributed by atoms with E-state index in [1.807, 2.05) is 19.1 Å². The minimum absolute atomic E-state index is 0.211. The molecular weight excluding hydrogens is 368 g/mol. The predicted octanol–water partition coefficient (Wildman–Crippen LogP) is 3.20. The Kier molecular flexibility index (Phi) is 5.61. The lowest BCUT2D eigenvalue weighted by atomic mass is 10.2. The molecule has 0 unspecified atom stereocenters. The number of rotatable bonds is 6. The van der Waals surface area contributed by atoms with E-state index in [1.54, 1.807) is 31.3 Å². The fourth-order valence-electron chi connectivity index (χ4n) is 2.53. The first-order valence-electron chi connectivity index (χ1n) is 8.37. The molecule has 3 aromatic rings. The SMILES string of the molecule is Cc1ccc(CCNC(=O)c2cc(NC(=O)c3ccccc3Cl)n(C)n2)o1. The molecule has 8 heteroatoms. The molecule has 0 aliphatic rings. The van der Waals surface area contributed by atoms with E-state index in [0.29, 0.717) is 29.4 Å². The number of amides is 2. The van der Waals surface area contributed by atoms with Crippen LogP contribution in [0.5, 0.6) is 0 Å². The second kappa shape index (κ2) is 8.09. The van der Waals surface area contributed by atoms with Crippen LogP contribution in [0.1, 0.15) is 32.4 Å². The number of nitrogens with zero attached hydrogens (tertiary/aromatic N) is 2. The maximum atomic E-state index is 12.3. The van der Waals surface area contributed by atoms with Crippen molar-refractivity contribution in [3.8, 4) is 0 Å². The molecule has 0 atom stereocenters. The van der Waals surface area contributed by atoms with E-state index in [9.17, 15) is 9.59 Å². The van der Waals surface area contributed by atoms with Crippen molar-refractivity contribution in [3.63, 3.8) is 0 Å². The highest BCUT2D eigenvalue weighted by molar-refractivity contribution is 6.34. The standard InChI is InChI=1S/C19H19ClN4O3/c1-12-7-8-13(27-12)9-10-21-19(26)16-11-17(24(2)23-16)22-18(25)14-5-3-4-6-15(14)20/h3-8,11H,9-10H2,1-2H3,(H,21,26)(H,22,25). The number of furan rings is 1. The predicted molar refractivity (Wildman–Crippen MR) is 102 cm³/mol. The van der Waals surface area contributed by atoms with Crippen LogP contribution in [0.25, 0.3) is 0 Å². The molecule has 2 heterocycles. The van der Waals surface area contributed by atoms with E-state index in [1.165, 1.54) is 10.7 Å². The Morgan fingerprint density at radius 2 is 1.96 bits per heavy atom. The van der Waals surface area contributed by atoms with Crippen LogP contribution in [-0.2, 0) is 13.5 Å². The summed E-state index contributed by atoms with van der Waals surface area (Å²) < 4.78 is 6.89. The van der Waals surface area contributed by atoms with Gasteiger partial charge >= 0.3 is 0 Å². The van der Waals surface area contributed by atoms with Crippen molar-refractivity contribution in [1.29, 1.82) is 0 Å². The number of anilines is 1. The fourth-order valence-corrected chi connectivity index (χ4v) is 2.76.